The predicted molar refractivity (Wildman–Crippen MR) is 18.9 cm³/mol. The fraction of sp³-hybridized carbons (Fsp3) is 0. The molecule has 0 atom stereocenters. The third-order valence-corrected chi connectivity index (χ3v) is 0.611. The van der Waals surface area contributed by atoms with Crippen LogP contribution in [0.25, 0.3) is 0 Å². The Morgan fingerprint density at radius 1 is 1.62 bits per heavy atom. The molecular formula is C2H3NaO4P-. The summed E-state index contributed by atoms with van der Waals surface area (Å²) in [7, 11) is -4.78. The molecule has 0 rings (SSSR count). The fourth-order valence-corrected chi connectivity index (χ4v) is 0.274. The van der Waals surface area contributed by atoms with Crippen molar-refractivity contribution < 1.29 is 48.4 Å². The van der Waals surface area contributed by atoms with Gasteiger partial charge in [0.2, 0.25) is 0 Å². The van der Waals surface area contributed by atoms with E-state index in [1.165, 1.54) is 0 Å². The van der Waals surface area contributed by atoms with Crippen LogP contribution in [0.5, 0.6) is 0 Å². The second-order valence-corrected chi connectivity index (χ2v) is 1.82. The molecule has 0 aliphatic heterocycles. The maximum Gasteiger partial charge on any atom is 1.00 e. The van der Waals surface area contributed by atoms with Crippen molar-refractivity contribution in [1.82, 2.24) is 0 Å². The van der Waals surface area contributed by atoms with E-state index in [1.54, 1.807) is 0 Å². The van der Waals surface area contributed by atoms with Crippen LogP contribution in [0.3, 0.4) is 0 Å². The number of phosphoric acid groups is 1. The minimum Gasteiger partial charge on any atom is -0.780 e. The molecule has 0 radical (unpaired) electrons. The van der Waals surface area contributed by atoms with Gasteiger partial charge in [-0.2, -0.15) is 0 Å². The van der Waals surface area contributed by atoms with Crippen LogP contribution in [-0.2, 0) is 9.09 Å². The first-order valence-electron chi connectivity index (χ1n) is 1.37. The molecule has 6 heteroatoms. The Hall–Kier alpha value is 0.690. The summed E-state index contributed by atoms with van der Waals surface area (Å²) < 4.78 is 12.8. The van der Waals surface area contributed by atoms with E-state index in [2.05, 4.69) is 11.1 Å². The Morgan fingerprint density at radius 3 is 2.00 bits per heavy atom. The second kappa shape index (κ2) is 4.56. The van der Waals surface area contributed by atoms with Crippen LogP contribution in [0.4, 0.5) is 0 Å². The van der Waals surface area contributed by atoms with Gasteiger partial charge in [-0.05, 0) is 0 Å². The smallest absolute Gasteiger partial charge is 0.780 e. The predicted octanol–water partition coefficient (Wildman–Crippen LogP) is -4.02. The van der Waals surface area contributed by atoms with Gasteiger partial charge < -0.3 is 18.9 Å². The van der Waals surface area contributed by atoms with E-state index in [4.69, 9.17) is 0 Å². The molecule has 0 amide bonds. The van der Waals surface area contributed by atoms with Crippen molar-refractivity contribution in [2.45, 2.75) is 0 Å². The molecule has 0 unspecified atom stereocenters. The van der Waals surface area contributed by atoms with Crippen LogP contribution in [-0.4, -0.2) is 0 Å². The Bertz CT molecular complexity index is 107. The Kier molecular flexibility index (Phi) is 6.54. The molecule has 0 saturated heterocycles. The van der Waals surface area contributed by atoms with Gasteiger partial charge in [-0.3, -0.25) is 0 Å². The first-order valence-corrected chi connectivity index (χ1v) is 2.83. The van der Waals surface area contributed by atoms with Gasteiger partial charge in [-0.25, -0.2) is 0 Å². The van der Waals surface area contributed by atoms with Crippen molar-refractivity contribution in [3.8, 4) is 0 Å². The summed E-state index contributed by atoms with van der Waals surface area (Å²) in [6, 6.07) is 0. The van der Waals surface area contributed by atoms with Gasteiger partial charge in [0, 0.05) is 0 Å². The molecule has 0 saturated carbocycles. The fourth-order valence-electron chi connectivity index (χ4n) is 0.0913. The van der Waals surface area contributed by atoms with E-state index in [0.717, 1.165) is 0 Å². The number of rotatable bonds is 2. The van der Waals surface area contributed by atoms with Gasteiger partial charge in [0.05, 0.1) is 6.26 Å². The average molecular weight is 145 g/mol. The van der Waals surface area contributed by atoms with E-state index in [1.807, 2.05) is 0 Å². The molecule has 0 aliphatic rings. The van der Waals surface area contributed by atoms with Gasteiger partial charge in [0.1, 0.15) is 7.82 Å². The summed E-state index contributed by atoms with van der Waals surface area (Å²) in [6.45, 7) is 2.85. The van der Waals surface area contributed by atoms with Crippen LogP contribution in [0.1, 0.15) is 0 Å². The van der Waals surface area contributed by atoms with Gasteiger partial charge >= 0.3 is 29.6 Å². The summed E-state index contributed by atoms with van der Waals surface area (Å²) in [5, 5.41) is 0. The molecule has 0 aromatic rings. The van der Waals surface area contributed by atoms with Crippen LogP contribution < -0.4 is 39.3 Å². The monoisotopic (exact) mass is 145 g/mol. The summed E-state index contributed by atoms with van der Waals surface area (Å²) in [5.41, 5.74) is 0. The summed E-state index contributed by atoms with van der Waals surface area (Å²) in [6.07, 6.45) is 0.570. The molecule has 0 bridgehead atoms. The normalized spacial score (nSPS) is 9.25. The van der Waals surface area contributed by atoms with Crippen LogP contribution >= 0.6 is 7.82 Å². The van der Waals surface area contributed by atoms with E-state index in [-0.39, 0.29) is 29.6 Å². The zero-order chi connectivity index (χ0) is 5.91. The van der Waals surface area contributed by atoms with Crippen molar-refractivity contribution in [1.29, 1.82) is 0 Å². The first kappa shape index (κ1) is 11.5. The van der Waals surface area contributed by atoms with Crippen molar-refractivity contribution in [2.75, 3.05) is 0 Å². The Balaban J connectivity index is 0. The maximum atomic E-state index is 9.41. The third-order valence-electron chi connectivity index (χ3n) is 0.204. The largest absolute Gasteiger partial charge is 1.00 e. The van der Waals surface area contributed by atoms with Crippen molar-refractivity contribution in [3.63, 3.8) is 0 Å². The van der Waals surface area contributed by atoms with Crippen molar-refractivity contribution in [2.24, 2.45) is 0 Å². The zero-order valence-corrected chi connectivity index (χ0v) is 7.26. The van der Waals surface area contributed by atoms with Crippen LogP contribution in [0.2, 0.25) is 0 Å². The Labute approximate surface area is 69.1 Å². The molecular weight excluding hydrogens is 142 g/mol. The number of hydrogen-bond donors (Lipinski definition) is 0. The van der Waals surface area contributed by atoms with Crippen LogP contribution in [0, 0.1) is 0 Å². The number of phosphoric ester groups is 1. The van der Waals surface area contributed by atoms with E-state index >= 15 is 0 Å². The third kappa shape index (κ3) is 9.85. The summed E-state index contributed by atoms with van der Waals surface area (Å²) in [4.78, 5) is 18.8. The quantitative estimate of drug-likeness (QED) is 0.225. The summed E-state index contributed by atoms with van der Waals surface area (Å²) in [5.74, 6) is 0. The van der Waals surface area contributed by atoms with E-state index in [0.29, 0.717) is 6.26 Å². The Morgan fingerprint density at radius 2 is 2.00 bits per heavy atom. The summed E-state index contributed by atoms with van der Waals surface area (Å²) >= 11 is 0. The van der Waals surface area contributed by atoms with Gasteiger partial charge in [-0.1, -0.05) is 6.58 Å². The molecule has 0 N–H and O–H groups in total. The number of hydrogen-bond acceptors (Lipinski definition) is 4. The first-order chi connectivity index (χ1) is 3.06. The van der Waals surface area contributed by atoms with Crippen molar-refractivity contribution in [3.05, 3.63) is 12.8 Å². The minimum absolute atomic E-state index is 0. The van der Waals surface area contributed by atoms with E-state index < -0.39 is 7.82 Å². The topological polar surface area (TPSA) is 72.4 Å². The molecule has 0 fully saturated rings. The molecule has 4 nitrogen and oxygen atoms in total. The molecule has 0 aromatic heterocycles. The van der Waals surface area contributed by atoms with Gasteiger partial charge in [-0.15, -0.1) is 0 Å². The standard InChI is InChI=1S/C2H5O4P.Na/c1-2-6-7(3,4)5;/h2H,1H2,(H2,3,4,5);/q;+1/p-2. The average Bonchev–Trinajstić information content (AvgIpc) is 1.30. The van der Waals surface area contributed by atoms with Gasteiger partial charge in [0.25, 0.3) is 0 Å². The second-order valence-electron chi connectivity index (χ2n) is 0.719. The molecule has 0 spiro atoms. The molecule has 0 aromatic carbocycles. The molecule has 8 heavy (non-hydrogen) atoms. The zero-order valence-electron chi connectivity index (χ0n) is 4.36. The van der Waals surface area contributed by atoms with Crippen LogP contribution in [0.15, 0.2) is 12.8 Å². The van der Waals surface area contributed by atoms with Gasteiger partial charge in [0.15, 0.2) is 0 Å². The molecule has 0 aliphatic carbocycles. The SMILES string of the molecule is C=COP(=O)([O-])[O-].[Na+]. The van der Waals surface area contributed by atoms with E-state index in [9.17, 15) is 14.4 Å². The minimum atomic E-state index is -4.78. The molecule has 0 heterocycles. The molecule has 42 valence electrons. The maximum absolute atomic E-state index is 9.41. The van der Waals surface area contributed by atoms with Crippen molar-refractivity contribution >= 4 is 7.82 Å².